The van der Waals surface area contributed by atoms with Crippen molar-refractivity contribution in [2.75, 3.05) is 13.2 Å². The monoisotopic (exact) mass is 262 g/mol. The fourth-order valence-corrected chi connectivity index (χ4v) is 2.19. The number of hydrogen-bond acceptors (Lipinski definition) is 3. The molecule has 1 N–H and O–H groups in total. The van der Waals surface area contributed by atoms with Gasteiger partial charge in [-0.25, -0.2) is 4.98 Å². The normalized spacial score (nSPS) is 14.6. The molecule has 0 atom stereocenters. The number of hydrogen-bond donors (Lipinski definition) is 1. The molecule has 1 fully saturated rings. The van der Waals surface area contributed by atoms with Crippen molar-refractivity contribution in [2.45, 2.75) is 52.5 Å². The molecule has 1 aromatic heterocycles. The van der Waals surface area contributed by atoms with Crippen LogP contribution < -0.4 is 10.1 Å². The standard InChI is InChI=1S/C16H26N2O/c1-3-5-15-10-14(12-17-4-2)11-16(18-15)19-9-8-13-6-7-13/h10-11,13,17H,3-9,12H2,1-2H3. The minimum atomic E-state index is 0.805. The van der Waals surface area contributed by atoms with Crippen LogP contribution in [0.2, 0.25) is 0 Å². The molecule has 19 heavy (non-hydrogen) atoms. The van der Waals surface area contributed by atoms with Crippen LogP contribution in [0.25, 0.3) is 0 Å². The van der Waals surface area contributed by atoms with Crippen molar-refractivity contribution >= 4 is 0 Å². The van der Waals surface area contributed by atoms with Crippen molar-refractivity contribution in [3.8, 4) is 5.88 Å². The Morgan fingerprint density at radius 1 is 1.32 bits per heavy atom. The zero-order chi connectivity index (χ0) is 13.5. The predicted molar refractivity (Wildman–Crippen MR) is 78.4 cm³/mol. The predicted octanol–water partition coefficient (Wildman–Crippen LogP) is 3.32. The Morgan fingerprint density at radius 3 is 2.84 bits per heavy atom. The highest BCUT2D eigenvalue weighted by Gasteiger charge is 2.20. The molecule has 1 heterocycles. The van der Waals surface area contributed by atoms with Gasteiger partial charge in [-0.1, -0.05) is 33.1 Å². The number of nitrogens with one attached hydrogen (secondary N) is 1. The molecule has 3 heteroatoms. The Morgan fingerprint density at radius 2 is 2.16 bits per heavy atom. The van der Waals surface area contributed by atoms with Crippen molar-refractivity contribution in [2.24, 2.45) is 5.92 Å². The number of ether oxygens (including phenoxy) is 1. The van der Waals surface area contributed by atoms with Gasteiger partial charge in [-0.3, -0.25) is 0 Å². The van der Waals surface area contributed by atoms with Crippen LogP contribution in [0.5, 0.6) is 5.88 Å². The number of aromatic nitrogens is 1. The topological polar surface area (TPSA) is 34.1 Å². The molecule has 1 saturated carbocycles. The molecule has 0 saturated heterocycles. The van der Waals surface area contributed by atoms with E-state index in [1.54, 1.807) is 0 Å². The second kappa shape index (κ2) is 7.49. The van der Waals surface area contributed by atoms with Gasteiger partial charge in [-0.15, -0.1) is 0 Å². The number of rotatable bonds is 9. The molecular weight excluding hydrogens is 236 g/mol. The second-order valence-corrected chi connectivity index (χ2v) is 5.42. The fraction of sp³-hybridized carbons (Fsp3) is 0.688. The first kappa shape index (κ1) is 14.3. The summed E-state index contributed by atoms with van der Waals surface area (Å²) in [5.41, 5.74) is 2.43. The molecular formula is C16H26N2O. The summed E-state index contributed by atoms with van der Waals surface area (Å²) >= 11 is 0. The summed E-state index contributed by atoms with van der Waals surface area (Å²) in [6.45, 7) is 7.01. The summed E-state index contributed by atoms with van der Waals surface area (Å²) in [5, 5.41) is 3.36. The van der Waals surface area contributed by atoms with Crippen LogP contribution in [0.15, 0.2) is 12.1 Å². The van der Waals surface area contributed by atoms with Crippen molar-refractivity contribution in [1.29, 1.82) is 0 Å². The first-order valence-corrected chi connectivity index (χ1v) is 7.65. The smallest absolute Gasteiger partial charge is 0.213 e. The number of aryl methyl sites for hydroxylation is 1. The summed E-state index contributed by atoms with van der Waals surface area (Å²) in [4.78, 5) is 4.60. The Hall–Kier alpha value is -1.09. The quantitative estimate of drug-likeness (QED) is 0.741. The van der Waals surface area contributed by atoms with E-state index in [0.29, 0.717) is 0 Å². The molecule has 106 valence electrons. The zero-order valence-electron chi connectivity index (χ0n) is 12.2. The maximum Gasteiger partial charge on any atom is 0.213 e. The van der Waals surface area contributed by atoms with Crippen molar-refractivity contribution in [3.05, 3.63) is 23.4 Å². The Balaban J connectivity index is 1.94. The van der Waals surface area contributed by atoms with Crippen LogP contribution in [-0.4, -0.2) is 18.1 Å². The van der Waals surface area contributed by atoms with E-state index in [4.69, 9.17) is 4.74 Å². The lowest BCUT2D eigenvalue weighted by Gasteiger charge is -2.10. The van der Waals surface area contributed by atoms with Crippen LogP contribution in [0.1, 0.15) is 50.8 Å². The van der Waals surface area contributed by atoms with Crippen LogP contribution in [0, 0.1) is 5.92 Å². The molecule has 0 amide bonds. The summed E-state index contributed by atoms with van der Waals surface area (Å²) in [7, 11) is 0. The Kier molecular flexibility index (Phi) is 5.64. The highest BCUT2D eigenvalue weighted by molar-refractivity contribution is 5.25. The van der Waals surface area contributed by atoms with Crippen molar-refractivity contribution in [3.63, 3.8) is 0 Å². The van der Waals surface area contributed by atoms with Crippen molar-refractivity contribution < 1.29 is 4.74 Å². The summed E-state index contributed by atoms with van der Waals surface area (Å²) < 4.78 is 5.83. The van der Waals surface area contributed by atoms with Crippen molar-refractivity contribution in [1.82, 2.24) is 10.3 Å². The highest BCUT2D eigenvalue weighted by atomic mass is 16.5. The van der Waals surface area contributed by atoms with Gasteiger partial charge in [0.15, 0.2) is 0 Å². The minimum Gasteiger partial charge on any atom is -0.478 e. The van der Waals surface area contributed by atoms with Gasteiger partial charge in [0.1, 0.15) is 0 Å². The average Bonchev–Trinajstić information content (AvgIpc) is 3.21. The third-order valence-corrected chi connectivity index (χ3v) is 3.47. The second-order valence-electron chi connectivity index (χ2n) is 5.42. The van der Waals surface area contributed by atoms with E-state index in [1.807, 2.05) is 0 Å². The van der Waals surface area contributed by atoms with E-state index in [0.717, 1.165) is 50.0 Å². The lowest BCUT2D eigenvalue weighted by atomic mass is 10.1. The van der Waals surface area contributed by atoms with Crippen LogP contribution >= 0.6 is 0 Å². The first-order valence-electron chi connectivity index (χ1n) is 7.65. The first-order chi connectivity index (χ1) is 9.31. The van der Waals surface area contributed by atoms with Gasteiger partial charge < -0.3 is 10.1 Å². The molecule has 1 aliphatic carbocycles. The van der Waals surface area contributed by atoms with E-state index in [9.17, 15) is 0 Å². The van der Waals surface area contributed by atoms with E-state index < -0.39 is 0 Å². The number of pyridine rings is 1. The fourth-order valence-electron chi connectivity index (χ4n) is 2.19. The third-order valence-electron chi connectivity index (χ3n) is 3.47. The summed E-state index contributed by atoms with van der Waals surface area (Å²) in [5.74, 6) is 1.72. The van der Waals surface area contributed by atoms with Gasteiger partial charge in [-0.2, -0.15) is 0 Å². The summed E-state index contributed by atoms with van der Waals surface area (Å²) in [6, 6.07) is 4.27. The molecule has 1 aromatic rings. The summed E-state index contributed by atoms with van der Waals surface area (Å²) in [6.07, 6.45) is 6.11. The maximum atomic E-state index is 5.83. The molecule has 0 bridgehead atoms. The lowest BCUT2D eigenvalue weighted by molar-refractivity contribution is 0.290. The Labute approximate surface area is 116 Å². The molecule has 0 radical (unpaired) electrons. The maximum absolute atomic E-state index is 5.83. The molecule has 0 spiro atoms. The van der Waals surface area contributed by atoms with Gasteiger partial charge in [-0.05, 0) is 36.9 Å². The molecule has 0 aliphatic heterocycles. The molecule has 1 aliphatic rings. The van der Waals surface area contributed by atoms with Crippen LogP contribution in [0.4, 0.5) is 0 Å². The minimum absolute atomic E-state index is 0.805. The van der Waals surface area contributed by atoms with Crippen LogP contribution in [0.3, 0.4) is 0 Å². The Bertz CT molecular complexity index is 388. The van der Waals surface area contributed by atoms with Gasteiger partial charge in [0.2, 0.25) is 5.88 Å². The third kappa shape index (κ3) is 5.19. The van der Waals surface area contributed by atoms with E-state index in [-0.39, 0.29) is 0 Å². The van der Waals surface area contributed by atoms with E-state index in [2.05, 4.69) is 36.3 Å². The molecule has 0 aromatic carbocycles. The van der Waals surface area contributed by atoms with Gasteiger partial charge in [0.05, 0.1) is 6.61 Å². The number of nitrogens with zero attached hydrogens (tertiary/aromatic N) is 1. The van der Waals surface area contributed by atoms with E-state index in [1.165, 1.54) is 24.8 Å². The molecule has 0 unspecified atom stereocenters. The van der Waals surface area contributed by atoms with Gasteiger partial charge in [0.25, 0.3) is 0 Å². The average molecular weight is 262 g/mol. The highest BCUT2D eigenvalue weighted by Crippen LogP contribution is 2.32. The SMILES string of the molecule is CCCc1cc(CNCC)cc(OCCC2CC2)n1. The van der Waals surface area contributed by atoms with Gasteiger partial charge in [0, 0.05) is 18.3 Å². The lowest BCUT2D eigenvalue weighted by Crippen LogP contribution is -2.12. The molecule has 3 nitrogen and oxygen atoms in total. The van der Waals surface area contributed by atoms with Gasteiger partial charge >= 0.3 is 0 Å². The van der Waals surface area contributed by atoms with Crippen LogP contribution in [-0.2, 0) is 13.0 Å². The van der Waals surface area contributed by atoms with E-state index >= 15 is 0 Å². The largest absolute Gasteiger partial charge is 0.478 e. The molecule has 2 rings (SSSR count). The zero-order valence-corrected chi connectivity index (χ0v) is 12.2.